The Labute approximate surface area is 96.7 Å². The van der Waals surface area contributed by atoms with Crippen LogP contribution < -0.4 is 0 Å². The molecule has 2 heterocycles. The van der Waals surface area contributed by atoms with Gasteiger partial charge in [-0.1, -0.05) is 15.9 Å². The molecule has 0 amide bonds. The van der Waals surface area contributed by atoms with Crippen LogP contribution in [0, 0.1) is 0 Å². The first-order valence-corrected chi connectivity index (χ1v) is 6.81. The Morgan fingerprint density at radius 3 is 3.29 bits per heavy atom. The average Bonchev–Trinajstić information content (AvgIpc) is 2.64. The third kappa shape index (κ3) is 2.37. The molecular weight excluding hydrogens is 262 g/mol. The molecule has 0 fully saturated rings. The van der Waals surface area contributed by atoms with Gasteiger partial charge >= 0.3 is 0 Å². The number of rotatable bonds is 3. The van der Waals surface area contributed by atoms with E-state index in [-0.39, 0.29) is 6.10 Å². The predicted octanol–water partition coefficient (Wildman–Crippen LogP) is 1.86. The summed E-state index contributed by atoms with van der Waals surface area (Å²) in [7, 11) is 0. The van der Waals surface area contributed by atoms with E-state index in [4.69, 9.17) is 0 Å². The van der Waals surface area contributed by atoms with Crippen molar-refractivity contribution < 1.29 is 5.11 Å². The Hall–Kier alpha value is 0.100. The van der Waals surface area contributed by atoms with Crippen LogP contribution in [0.1, 0.15) is 10.4 Å². The molecule has 4 heteroatoms. The quantitative estimate of drug-likeness (QED) is 0.852. The highest BCUT2D eigenvalue weighted by Crippen LogP contribution is 2.23. The molecule has 0 radical (unpaired) electrons. The van der Waals surface area contributed by atoms with Crippen molar-refractivity contribution in [2.24, 2.45) is 0 Å². The van der Waals surface area contributed by atoms with Gasteiger partial charge in [0.25, 0.3) is 0 Å². The summed E-state index contributed by atoms with van der Waals surface area (Å²) < 4.78 is 0. The van der Waals surface area contributed by atoms with Gasteiger partial charge in [0.2, 0.25) is 0 Å². The molecule has 1 aromatic heterocycles. The molecule has 78 valence electrons. The lowest BCUT2D eigenvalue weighted by atomic mass is 10.1. The molecule has 0 aliphatic carbocycles. The van der Waals surface area contributed by atoms with Crippen LogP contribution in [0.2, 0.25) is 0 Å². The maximum atomic E-state index is 9.52. The maximum Gasteiger partial charge on any atom is 0.0763 e. The van der Waals surface area contributed by atoms with Gasteiger partial charge in [0.05, 0.1) is 6.10 Å². The zero-order valence-electron chi connectivity index (χ0n) is 7.95. The van der Waals surface area contributed by atoms with Gasteiger partial charge in [-0.05, 0) is 23.4 Å². The normalized spacial score (nSPS) is 19.3. The molecule has 1 aliphatic heterocycles. The molecule has 2 nitrogen and oxygen atoms in total. The second kappa shape index (κ2) is 4.75. The minimum atomic E-state index is -0.241. The smallest absolute Gasteiger partial charge is 0.0763 e. The second-order valence-electron chi connectivity index (χ2n) is 3.66. The zero-order chi connectivity index (χ0) is 9.97. The van der Waals surface area contributed by atoms with Crippen molar-refractivity contribution in [1.82, 2.24) is 4.90 Å². The topological polar surface area (TPSA) is 23.5 Å². The molecule has 0 saturated carbocycles. The van der Waals surface area contributed by atoms with Crippen molar-refractivity contribution in [2.45, 2.75) is 19.1 Å². The van der Waals surface area contributed by atoms with E-state index in [1.54, 1.807) is 0 Å². The van der Waals surface area contributed by atoms with Gasteiger partial charge in [0.1, 0.15) is 0 Å². The molecule has 2 rings (SSSR count). The molecule has 1 aliphatic rings. The Kier molecular flexibility index (Phi) is 3.60. The Morgan fingerprint density at radius 1 is 1.64 bits per heavy atom. The van der Waals surface area contributed by atoms with Gasteiger partial charge in [-0.2, -0.15) is 0 Å². The van der Waals surface area contributed by atoms with Crippen LogP contribution >= 0.6 is 27.3 Å². The fraction of sp³-hybridized carbons (Fsp3) is 0.600. The lowest BCUT2D eigenvalue weighted by molar-refractivity contribution is 0.123. The minimum absolute atomic E-state index is 0.241. The first kappa shape index (κ1) is 10.6. The van der Waals surface area contributed by atoms with Crippen LogP contribution in [-0.4, -0.2) is 34.5 Å². The number of hydrogen-bond donors (Lipinski definition) is 1. The van der Waals surface area contributed by atoms with Crippen molar-refractivity contribution in [3.05, 3.63) is 21.9 Å². The lowest BCUT2D eigenvalue weighted by Crippen LogP contribution is -2.36. The van der Waals surface area contributed by atoms with Crippen molar-refractivity contribution >= 4 is 27.3 Å². The monoisotopic (exact) mass is 275 g/mol. The van der Waals surface area contributed by atoms with E-state index in [2.05, 4.69) is 32.3 Å². The van der Waals surface area contributed by atoms with Crippen LogP contribution in [0.25, 0.3) is 0 Å². The molecule has 0 spiro atoms. The Bertz CT molecular complexity index is 302. The summed E-state index contributed by atoms with van der Waals surface area (Å²) in [6, 6.07) is 2.20. The van der Waals surface area contributed by atoms with E-state index in [1.807, 2.05) is 11.3 Å². The van der Waals surface area contributed by atoms with Gasteiger partial charge in [0, 0.05) is 29.8 Å². The number of aliphatic hydroxyl groups excluding tert-OH is 1. The minimum Gasteiger partial charge on any atom is -0.391 e. The van der Waals surface area contributed by atoms with Crippen molar-refractivity contribution in [1.29, 1.82) is 0 Å². The standard InChI is InChI=1S/C10H14BrNOS/c11-5-9(13)7-12-3-1-10-8(6-12)2-4-14-10/h2,4,9,13H,1,3,5-7H2. The molecule has 1 N–H and O–H groups in total. The third-order valence-corrected chi connectivity index (χ3v) is 4.30. The maximum absolute atomic E-state index is 9.52. The van der Waals surface area contributed by atoms with E-state index in [1.165, 1.54) is 10.4 Å². The number of nitrogens with zero attached hydrogens (tertiary/aromatic N) is 1. The predicted molar refractivity (Wildman–Crippen MR) is 63.1 cm³/mol. The molecule has 0 bridgehead atoms. The van der Waals surface area contributed by atoms with Gasteiger partial charge in [-0.15, -0.1) is 11.3 Å². The van der Waals surface area contributed by atoms with E-state index < -0.39 is 0 Å². The van der Waals surface area contributed by atoms with Crippen LogP contribution in [0.5, 0.6) is 0 Å². The number of β-amino-alcohol motifs (C(OH)–C–C–N with tert-alkyl or cyclic N) is 1. The lowest BCUT2D eigenvalue weighted by Gasteiger charge is -2.28. The molecule has 1 aromatic rings. The fourth-order valence-corrected chi connectivity index (χ4v) is 2.90. The number of hydrogen-bond acceptors (Lipinski definition) is 3. The molecule has 1 atom stereocenters. The molecule has 1 unspecified atom stereocenters. The number of alkyl halides is 1. The van der Waals surface area contributed by atoms with Gasteiger partial charge < -0.3 is 5.11 Å². The van der Waals surface area contributed by atoms with Crippen LogP contribution in [-0.2, 0) is 13.0 Å². The largest absolute Gasteiger partial charge is 0.391 e. The number of fused-ring (bicyclic) bond motifs is 1. The molecule has 0 saturated heterocycles. The van der Waals surface area contributed by atoms with Gasteiger partial charge in [0.15, 0.2) is 0 Å². The van der Waals surface area contributed by atoms with Crippen LogP contribution in [0.4, 0.5) is 0 Å². The number of aliphatic hydroxyl groups is 1. The second-order valence-corrected chi connectivity index (χ2v) is 5.31. The first-order valence-electron chi connectivity index (χ1n) is 4.81. The van der Waals surface area contributed by atoms with E-state index in [9.17, 15) is 5.11 Å². The SMILES string of the molecule is OC(CBr)CN1CCc2sccc2C1. The third-order valence-electron chi connectivity index (χ3n) is 2.53. The number of halogens is 1. The zero-order valence-corrected chi connectivity index (χ0v) is 10.4. The summed E-state index contributed by atoms with van der Waals surface area (Å²) in [5.74, 6) is 0. The summed E-state index contributed by atoms with van der Waals surface area (Å²) in [6.45, 7) is 2.86. The van der Waals surface area contributed by atoms with Crippen LogP contribution in [0.15, 0.2) is 11.4 Å². The van der Waals surface area contributed by atoms with E-state index in [0.717, 1.165) is 26.1 Å². The highest BCUT2D eigenvalue weighted by molar-refractivity contribution is 9.09. The molecule has 14 heavy (non-hydrogen) atoms. The summed E-state index contributed by atoms with van der Waals surface area (Å²) in [5.41, 5.74) is 1.45. The average molecular weight is 276 g/mol. The number of thiophene rings is 1. The summed E-state index contributed by atoms with van der Waals surface area (Å²) in [4.78, 5) is 3.84. The van der Waals surface area contributed by atoms with Crippen molar-refractivity contribution in [3.63, 3.8) is 0 Å². The highest BCUT2D eigenvalue weighted by Gasteiger charge is 2.18. The summed E-state index contributed by atoms with van der Waals surface area (Å²) >= 11 is 5.14. The fourth-order valence-electron chi connectivity index (χ4n) is 1.81. The van der Waals surface area contributed by atoms with Crippen molar-refractivity contribution in [2.75, 3.05) is 18.4 Å². The molecular formula is C10H14BrNOS. The first-order chi connectivity index (χ1) is 6.79. The van der Waals surface area contributed by atoms with Crippen molar-refractivity contribution in [3.8, 4) is 0 Å². The van der Waals surface area contributed by atoms with Gasteiger partial charge in [-0.3, -0.25) is 4.90 Å². The van der Waals surface area contributed by atoms with E-state index >= 15 is 0 Å². The summed E-state index contributed by atoms with van der Waals surface area (Å²) in [5, 5.41) is 12.4. The van der Waals surface area contributed by atoms with Crippen LogP contribution in [0.3, 0.4) is 0 Å². The Balaban J connectivity index is 1.94. The van der Waals surface area contributed by atoms with E-state index in [0.29, 0.717) is 5.33 Å². The molecule has 0 aromatic carbocycles. The summed E-state index contributed by atoms with van der Waals surface area (Å²) in [6.07, 6.45) is 0.900. The highest BCUT2D eigenvalue weighted by atomic mass is 79.9. The van der Waals surface area contributed by atoms with Gasteiger partial charge in [-0.25, -0.2) is 0 Å². The Morgan fingerprint density at radius 2 is 2.50 bits per heavy atom.